The molecule has 1 aromatic rings. The summed E-state index contributed by atoms with van der Waals surface area (Å²) in [5.74, 6) is 0.666. The Balaban J connectivity index is 1.56. The van der Waals surface area contributed by atoms with Crippen LogP contribution in [-0.2, 0) is 4.79 Å². The Morgan fingerprint density at radius 3 is 2.29 bits per heavy atom. The van der Waals surface area contributed by atoms with Crippen molar-refractivity contribution in [1.82, 2.24) is 0 Å². The van der Waals surface area contributed by atoms with Crippen molar-refractivity contribution >= 4 is 11.6 Å². The molecule has 0 saturated carbocycles. The van der Waals surface area contributed by atoms with Gasteiger partial charge in [0.2, 0.25) is 0 Å². The molecule has 134 valence electrons. The van der Waals surface area contributed by atoms with Gasteiger partial charge in [-0.1, -0.05) is 64.7 Å². The second-order valence-corrected chi connectivity index (χ2v) is 6.75. The number of carbonyl (C=O) groups is 1. The van der Waals surface area contributed by atoms with Gasteiger partial charge in [-0.3, -0.25) is 4.79 Å². The molecular formula is C20H31NO3. The zero-order chi connectivity index (χ0) is 17.2. The number of unbranched alkanes of at least 4 members (excludes halogenated alkanes) is 9. The minimum absolute atomic E-state index is 0.107. The number of hydrogen-bond acceptors (Lipinski definition) is 3. The number of amides is 1. The van der Waals surface area contributed by atoms with E-state index in [-0.39, 0.29) is 11.7 Å². The summed E-state index contributed by atoms with van der Waals surface area (Å²) in [7, 11) is 0. The van der Waals surface area contributed by atoms with Crippen LogP contribution in [0.1, 0.15) is 77.6 Å². The third-order valence-electron chi connectivity index (χ3n) is 4.60. The van der Waals surface area contributed by atoms with Crippen LogP contribution in [0.25, 0.3) is 0 Å². The van der Waals surface area contributed by atoms with Crippen LogP contribution in [0.15, 0.2) is 18.2 Å². The van der Waals surface area contributed by atoms with Crippen molar-refractivity contribution in [3.63, 3.8) is 0 Å². The number of hydrogen-bond donors (Lipinski definition) is 2. The molecule has 0 spiro atoms. The number of phenols is 1. The van der Waals surface area contributed by atoms with Crippen LogP contribution in [0.2, 0.25) is 0 Å². The Bertz CT molecular complexity index is 516. The van der Waals surface area contributed by atoms with Crippen molar-refractivity contribution in [2.75, 3.05) is 5.32 Å². The molecule has 0 saturated heterocycles. The van der Waals surface area contributed by atoms with E-state index in [4.69, 9.17) is 4.74 Å². The van der Waals surface area contributed by atoms with Gasteiger partial charge in [-0.05, 0) is 25.0 Å². The minimum atomic E-state index is -0.406. The molecule has 0 fully saturated rings. The van der Waals surface area contributed by atoms with Gasteiger partial charge in [0.05, 0.1) is 5.69 Å². The fourth-order valence-corrected chi connectivity index (χ4v) is 3.15. The van der Waals surface area contributed by atoms with E-state index < -0.39 is 6.10 Å². The summed E-state index contributed by atoms with van der Waals surface area (Å²) in [6.07, 6.45) is 13.2. The Kier molecular flexibility index (Phi) is 7.93. The van der Waals surface area contributed by atoms with Gasteiger partial charge < -0.3 is 15.2 Å². The molecule has 0 aliphatic carbocycles. The van der Waals surface area contributed by atoms with Gasteiger partial charge in [0.15, 0.2) is 6.10 Å². The molecule has 1 heterocycles. The molecule has 1 amide bonds. The number of fused-ring (bicyclic) bond motifs is 1. The van der Waals surface area contributed by atoms with E-state index in [1.807, 2.05) is 0 Å². The van der Waals surface area contributed by atoms with E-state index in [0.29, 0.717) is 11.4 Å². The van der Waals surface area contributed by atoms with Gasteiger partial charge in [0, 0.05) is 6.07 Å². The Morgan fingerprint density at radius 1 is 1.00 bits per heavy atom. The van der Waals surface area contributed by atoms with Crippen LogP contribution in [0.4, 0.5) is 5.69 Å². The van der Waals surface area contributed by atoms with Crippen LogP contribution in [0, 0.1) is 0 Å². The standard InChI is InChI=1S/C20H31NO3/c1-2-3-4-5-6-7-8-9-10-11-12-19-20(23)21-17-15-16(22)13-14-18(17)24-19/h13-15,19,22H,2-12H2,1H3,(H,21,23). The minimum Gasteiger partial charge on any atom is -0.508 e. The lowest BCUT2D eigenvalue weighted by Gasteiger charge is -2.25. The predicted octanol–water partition coefficient (Wildman–Crippen LogP) is 5.40. The first-order valence-corrected chi connectivity index (χ1v) is 9.51. The van der Waals surface area contributed by atoms with Gasteiger partial charge in [0.1, 0.15) is 11.5 Å². The van der Waals surface area contributed by atoms with E-state index in [1.165, 1.54) is 57.4 Å². The topological polar surface area (TPSA) is 58.6 Å². The van der Waals surface area contributed by atoms with Gasteiger partial charge in [-0.15, -0.1) is 0 Å². The maximum absolute atomic E-state index is 12.0. The van der Waals surface area contributed by atoms with Crippen molar-refractivity contribution in [2.45, 2.75) is 83.7 Å². The smallest absolute Gasteiger partial charge is 0.265 e. The fourth-order valence-electron chi connectivity index (χ4n) is 3.15. The lowest BCUT2D eigenvalue weighted by molar-refractivity contribution is -0.123. The van der Waals surface area contributed by atoms with Gasteiger partial charge in [0.25, 0.3) is 5.91 Å². The number of anilines is 1. The van der Waals surface area contributed by atoms with Crippen molar-refractivity contribution in [3.8, 4) is 11.5 Å². The summed E-state index contributed by atoms with van der Waals surface area (Å²) >= 11 is 0. The van der Waals surface area contributed by atoms with Crippen LogP contribution in [0.5, 0.6) is 11.5 Å². The summed E-state index contributed by atoms with van der Waals surface area (Å²) in [5.41, 5.74) is 0.555. The highest BCUT2D eigenvalue weighted by Crippen LogP contribution is 2.33. The Labute approximate surface area is 145 Å². The normalized spacial score (nSPS) is 16.4. The molecule has 2 N–H and O–H groups in total. The third kappa shape index (κ3) is 6.06. The van der Waals surface area contributed by atoms with E-state index >= 15 is 0 Å². The number of carbonyl (C=O) groups excluding carboxylic acids is 1. The van der Waals surface area contributed by atoms with Crippen molar-refractivity contribution < 1.29 is 14.6 Å². The number of ether oxygens (including phenoxy) is 1. The lowest BCUT2D eigenvalue weighted by Crippen LogP contribution is -2.36. The van der Waals surface area contributed by atoms with Crippen molar-refractivity contribution in [3.05, 3.63) is 18.2 Å². The van der Waals surface area contributed by atoms with Gasteiger partial charge in [-0.25, -0.2) is 0 Å². The average Bonchev–Trinajstić information content (AvgIpc) is 2.57. The van der Waals surface area contributed by atoms with E-state index in [0.717, 1.165) is 19.3 Å². The molecule has 1 aliphatic heterocycles. The first-order valence-electron chi connectivity index (χ1n) is 9.51. The van der Waals surface area contributed by atoms with Gasteiger partial charge >= 0.3 is 0 Å². The van der Waals surface area contributed by atoms with Gasteiger partial charge in [-0.2, -0.15) is 0 Å². The lowest BCUT2D eigenvalue weighted by atomic mass is 10.0. The molecule has 1 aliphatic rings. The second-order valence-electron chi connectivity index (χ2n) is 6.75. The Morgan fingerprint density at radius 2 is 1.62 bits per heavy atom. The molecule has 4 heteroatoms. The quantitative estimate of drug-likeness (QED) is 0.533. The fraction of sp³-hybridized carbons (Fsp3) is 0.650. The molecule has 0 aromatic heterocycles. The summed E-state index contributed by atoms with van der Waals surface area (Å²) in [5, 5.41) is 12.3. The zero-order valence-corrected chi connectivity index (χ0v) is 14.9. The van der Waals surface area contributed by atoms with Crippen LogP contribution in [-0.4, -0.2) is 17.1 Å². The average molecular weight is 333 g/mol. The SMILES string of the molecule is CCCCCCCCCCCCC1Oc2ccc(O)cc2NC1=O. The number of nitrogens with one attached hydrogen (secondary N) is 1. The molecule has 0 radical (unpaired) electrons. The summed E-state index contributed by atoms with van der Waals surface area (Å²) in [6, 6.07) is 4.80. The molecule has 1 aromatic carbocycles. The van der Waals surface area contributed by atoms with E-state index in [2.05, 4.69) is 12.2 Å². The van der Waals surface area contributed by atoms with Crippen LogP contribution in [0.3, 0.4) is 0 Å². The summed E-state index contributed by atoms with van der Waals surface area (Å²) in [4.78, 5) is 12.0. The summed E-state index contributed by atoms with van der Waals surface area (Å²) in [6.45, 7) is 2.25. The predicted molar refractivity (Wildman–Crippen MR) is 97.6 cm³/mol. The molecular weight excluding hydrogens is 302 g/mol. The highest BCUT2D eigenvalue weighted by atomic mass is 16.5. The summed E-state index contributed by atoms with van der Waals surface area (Å²) < 4.78 is 5.76. The molecule has 1 atom stereocenters. The highest BCUT2D eigenvalue weighted by molar-refractivity contribution is 5.97. The molecule has 4 nitrogen and oxygen atoms in total. The number of benzene rings is 1. The number of phenolic OH excluding ortho intramolecular Hbond substituents is 1. The van der Waals surface area contributed by atoms with Crippen LogP contribution < -0.4 is 10.1 Å². The van der Waals surface area contributed by atoms with E-state index in [1.54, 1.807) is 12.1 Å². The molecule has 2 rings (SSSR count). The highest BCUT2D eigenvalue weighted by Gasteiger charge is 2.27. The number of aromatic hydroxyl groups is 1. The molecule has 24 heavy (non-hydrogen) atoms. The third-order valence-corrected chi connectivity index (χ3v) is 4.60. The maximum atomic E-state index is 12.0. The monoisotopic (exact) mass is 333 g/mol. The second kappa shape index (κ2) is 10.2. The first-order chi connectivity index (χ1) is 11.7. The Hall–Kier alpha value is -1.71. The zero-order valence-electron chi connectivity index (χ0n) is 14.9. The van der Waals surface area contributed by atoms with Crippen molar-refractivity contribution in [1.29, 1.82) is 0 Å². The number of rotatable bonds is 11. The van der Waals surface area contributed by atoms with Crippen LogP contribution >= 0.6 is 0 Å². The molecule has 1 unspecified atom stereocenters. The first kappa shape index (κ1) is 18.6. The maximum Gasteiger partial charge on any atom is 0.265 e. The largest absolute Gasteiger partial charge is 0.508 e. The van der Waals surface area contributed by atoms with Crippen molar-refractivity contribution in [2.24, 2.45) is 0 Å². The van der Waals surface area contributed by atoms with E-state index in [9.17, 15) is 9.90 Å². The molecule has 0 bridgehead atoms.